The molecule has 0 amide bonds. The number of halogens is 3. The molecule has 0 aliphatic carbocycles. The molecule has 1 aliphatic rings. The zero-order valence-corrected chi connectivity index (χ0v) is 16.1. The Balaban J connectivity index is 1.85. The Bertz CT molecular complexity index is 868. The van der Waals surface area contributed by atoms with Gasteiger partial charge in [-0.15, -0.1) is 0 Å². The van der Waals surface area contributed by atoms with Crippen molar-refractivity contribution in [2.45, 2.75) is 31.4 Å². The van der Waals surface area contributed by atoms with Crippen molar-refractivity contribution >= 4 is 16.5 Å². The number of benzene rings is 1. The molecule has 0 bridgehead atoms. The summed E-state index contributed by atoms with van der Waals surface area (Å²) in [5, 5.41) is 3.11. The predicted molar refractivity (Wildman–Crippen MR) is 105 cm³/mol. The highest BCUT2D eigenvalue weighted by Crippen LogP contribution is 2.37. The molecule has 2 heterocycles. The Morgan fingerprint density at radius 3 is 2.54 bits per heavy atom. The normalized spacial score (nSPS) is 18.4. The van der Waals surface area contributed by atoms with Crippen LogP contribution >= 0.6 is 0 Å². The lowest BCUT2D eigenvalue weighted by Crippen LogP contribution is -2.44. The molecule has 5 nitrogen and oxygen atoms in total. The Hall–Kier alpha value is -2.32. The minimum Gasteiger partial charge on any atom is -0.403 e. The van der Waals surface area contributed by atoms with Gasteiger partial charge in [-0.1, -0.05) is 12.1 Å². The summed E-state index contributed by atoms with van der Waals surface area (Å²) in [5.41, 5.74) is 5.82. The van der Waals surface area contributed by atoms with E-state index >= 15 is 4.39 Å². The number of nitrogens with zero attached hydrogens (tertiary/aromatic N) is 3. The number of aromatic nitrogens is 1. The molecule has 1 aromatic heterocycles. The molecule has 0 spiro atoms. The van der Waals surface area contributed by atoms with Crippen LogP contribution in [0.2, 0.25) is 0 Å². The van der Waals surface area contributed by atoms with Gasteiger partial charge in [0, 0.05) is 50.4 Å². The van der Waals surface area contributed by atoms with Crippen LogP contribution in [0.5, 0.6) is 0 Å². The first-order chi connectivity index (χ1) is 13.1. The highest BCUT2D eigenvalue weighted by atomic mass is 19.3. The van der Waals surface area contributed by atoms with Gasteiger partial charge < -0.3 is 10.7 Å². The van der Waals surface area contributed by atoms with Gasteiger partial charge in [-0.2, -0.15) is 0 Å². The minimum absolute atomic E-state index is 0.140. The SMILES string of the molecule is CN(N)/C(=C\N)c1ccc2cnc(C3(F)CCN(CC(C)(F)F)CC3)cc2c1. The maximum Gasteiger partial charge on any atom is 0.257 e. The summed E-state index contributed by atoms with van der Waals surface area (Å²) in [4.78, 5) is 5.92. The number of hydrogen-bond donors (Lipinski definition) is 2. The maximum absolute atomic E-state index is 15.6. The Kier molecular flexibility index (Phi) is 5.54. The lowest BCUT2D eigenvalue weighted by molar-refractivity contribution is -0.0375. The molecular weight excluding hydrogens is 367 g/mol. The van der Waals surface area contributed by atoms with E-state index in [0.717, 1.165) is 23.3 Å². The van der Waals surface area contributed by atoms with E-state index in [2.05, 4.69) is 4.98 Å². The van der Waals surface area contributed by atoms with E-state index in [1.54, 1.807) is 24.2 Å². The average Bonchev–Trinajstić information content (AvgIpc) is 2.62. The van der Waals surface area contributed by atoms with Crippen molar-refractivity contribution in [2.75, 3.05) is 26.7 Å². The molecule has 1 aromatic carbocycles. The molecule has 0 radical (unpaired) electrons. The third kappa shape index (κ3) is 4.39. The van der Waals surface area contributed by atoms with Crippen LogP contribution in [0.3, 0.4) is 0 Å². The lowest BCUT2D eigenvalue weighted by atomic mass is 9.88. The molecule has 152 valence electrons. The van der Waals surface area contributed by atoms with Crippen LogP contribution in [0.25, 0.3) is 16.5 Å². The molecule has 28 heavy (non-hydrogen) atoms. The van der Waals surface area contributed by atoms with Gasteiger partial charge in [-0.05, 0) is 30.4 Å². The van der Waals surface area contributed by atoms with Gasteiger partial charge in [0.2, 0.25) is 0 Å². The number of piperidine rings is 1. The summed E-state index contributed by atoms with van der Waals surface area (Å²) >= 11 is 0. The van der Waals surface area contributed by atoms with Gasteiger partial charge >= 0.3 is 0 Å². The number of fused-ring (bicyclic) bond motifs is 1. The minimum atomic E-state index is -2.78. The van der Waals surface area contributed by atoms with Gasteiger partial charge in [-0.3, -0.25) is 9.88 Å². The summed E-state index contributed by atoms with van der Waals surface area (Å²) in [6.45, 7) is 1.09. The summed E-state index contributed by atoms with van der Waals surface area (Å²) in [6.07, 6.45) is 3.33. The second-order valence-corrected chi connectivity index (χ2v) is 7.61. The maximum atomic E-state index is 15.6. The topological polar surface area (TPSA) is 71.4 Å². The lowest BCUT2D eigenvalue weighted by Gasteiger charge is -2.37. The fourth-order valence-corrected chi connectivity index (χ4v) is 3.68. The second kappa shape index (κ2) is 7.60. The predicted octanol–water partition coefficient (Wildman–Crippen LogP) is 3.21. The van der Waals surface area contributed by atoms with Gasteiger partial charge in [0.15, 0.2) is 5.67 Å². The van der Waals surface area contributed by atoms with Crippen LogP contribution in [0.4, 0.5) is 13.2 Å². The van der Waals surface area contributed by atoms with E-state index in [9.17, 15) is 8.78 Å². The number of rotatable bonds is 5. The Morgan fingerprint density at radius 1 is 1.29 bits per heavy atom. The molecule has 4 N–H and O–H groups in total. The molecule has 0 unspecified atom stereocenters. The molecular formula is C20H26F3N5. The number of alkyl halides is 3. The summed E-state index contributed by atoms with van der Waals surface area (Å²) in [5.74, 6) is 3.02. The van der Waals surface area contributed by atoms with E-state index < -0.39 is 11.6 Å². The number of hydrogen-bond acceptors (Lipinski definition) is 5. The number of pyridine rings is 1. The summed E-state index contributed by atoms with van der Waals surface area (Å²) in [6, 6.07) is 7.37. The third-order valence-electron chi connectivity index (χ3n) is 5.16. The number of hydrazine groups is 1. The van der Waals surface area contributed by atoms with E-state index in [1.165, 1.54) is 11.2 Å². The zero-order chi connectivity index (χ0) is 20.5. The van der Waals surface area contributed by atoms with Crippen LogP contribution in [-0.4, -0.2) is 47.5 Å². The molecule has 8 heteroatoms. The van der Waals surface area contributed by atoms with Crippen molar-refractivity contribution in [2.24, 2.45) is 11.6 Å². The zero-order valence-electron chi connectivity index (χ0n) is 16.1. The van der Waals surface area contributed by atoms with E-state index in [4.69, 9.17) is 11.6 Å². The summed E-state index contributed by atoms with van der Waals surface area (Å²) < 4.78 is 42.0. The molecule has 3 rings (SSSR count). The smallest absolute Gasteiger partial charge is 0.257 e. The van der Waals surface area contributed by atoms with E-state index in [-0.39, 0.29) is 32.5 Å². The van der Waals surface area contributed by atoms with Crippen molar-refractivity contribution < 1.29 is 13.2 Å². The molecule has 0 saturated carbocycles. The highest BCUT2D eigenvalue weighted by molar-refractivity contribution is 5.85. The molecule has 0 atom stereocenters. The molecule has 1 aliphatic heterocycles. The van der Waals surface area contributed by atoms with E-state index in [1.807, 2.05) is 18.2 Å². The van der Waals surface area contributed by atoms with Crippen LogP contribution in [-0.2, 0) is 5.67 Å². The first-order valence-corrected chi connectivity index (χ1v) is 9.21. The largest absolute Gasteiger partial charge is 0.403 e. The molecule has 1 fully saturated rings. The van der Waals surface area contributed by atoms with Crippen LogP contribution in [0.1, 0.15) is 31.0 Å². The average molecular weight is 393 g/mol. The number of likely N-dealkylation sites (tertiary alicyclic amines) is 1. The van der Waals surface area contributed by atoms with E-state index in [0.29, 0.717) is 11.4 Å². The highest BCUT2D eigenvalue weighted by Gasteiger charge is 2.39. The van der Waals surface area contributed by atoms with Crippen LogP contribution < -0.4 is 11.6 Å². The van der Waals surface area contributed by atoms with Gasteiger partial charge in [0.05, 0.1) is 17.9 Å². The van der Waals surface area contributed by atoms with Gasteiger partial charge in [0.1, 0.15) is 0 Å². The standard InChI is InChI=1S/C20H26F3N5/c1-19(21,22)13-28-7-5-20(23,6-8-28)18-10-16-9-14(17(11-24)27(2)25)3-4-15(16)12-26-18/h3-4,9-12H,5-8,13,24-25H2,1-2H3/b17-11-. The van der Waals surface area contributed by atoms with Crippen molar-refractivity contribution in [1.29, 1.82) is 0 Å². The Labute approximate surface area is 162 Å². The first kappa shape index (κ1) is 20.4. The summed E-state index contributed by atoms with van der Waals surface area (Å²) in [7, 11) is 1.69. The molecule has 2 aromatic rings. The van der Waals surface area contributed by atoms with Crippen molar-refractivity contribution in [3.8, 4) is 0 Å². The monoisotopic (exact) mass is 393 g/mol. The Morgan fingerprint density at radius 2 is 1.96 bits per heavy atom. The fraction of sp³-hybridized carbons (Fsp3) is 0.450. The number of nitrogens with two attached hydrogens (primary N) is 2. The van der Waals surface area contributed by atoms with Crippen molar-refractivity contribution in [3.63, 3.8) is 0 Å². The second-order valence-electron chi connectivity index (χ2n) is 7.61. The molecule has 1 saturated heterocycles. The third-order valence-corrected chi connectivity index (χ3v) is 5.16. The van der Waals surface area contributed by atoms with Gasteiger partial charge in [0.25, 0.3) is 5.92 Å². The van der Waals surface area contributed by atoms with Gasteiger partial charge in [-0.25, -0.2) is 19.0 Å². The van der Waals surface area contributed by atoms with Crippen molar-refractivity contribution in [3.05, 3.63) is 47.9 Å². The fourth-order valence-electron chi connectivity index (χ4n) is 3.68. The first-order valence-electron chi connectivity index (χ1n) is 9.21. The van der Waals surface area contributed by atoms with Crippen LogP contribution in [0, 0.1) is 0 Å². The van der Waals surface area contributed by atoms with Crippen LogP contribution in [0.15, 0.2) is 36.7 Å². The van der Waals surface area contributed by atoms with Crippen molar-refractivity contribution in [1.82, 2.24) is 14.9 Å². The quantitative estimate of drug-likeness (QED) is 0.603.